The fourth-order valence-corrected chi connectivity index (χ4v) is 3.19. The Bertz CT molecular complexity index is 1220. The van der Waals surface area contributed by atoms with Crippen LogP contribution in [0.4, 0.5) is 0 Å². The molecule has 4 aromatic rings. The molecule has 0 amide bonds. The zero-order valence-corrected chi connectivity index (χ0v) is 17.8. The van der Waals surface area contributed by atoms with Crippen molar-refractivity contribution in [1.29, 1.82) is 0 Å². The Balaban J connectivity index is 1.63. The fraction of sp³-hybridized carbons (Fsp3) is 0.208. The molecule has 0 saturated heterocycles. The summed E-state index contributed by atoms with van der Waals surface area (Å²) in [6.45, 7) is 0.0272. The Labute approximate surface area is 189 Å². The number of H-pyrrole nitrogens is 1. The van der Waals surface area contributed by atoms with E-state index in [9.17, 15) is 9.90 Å². The molecule has 0 unspecified atom stereocenters. The molecule has 0 spiro atoms. The van der Waals surface area contributed by atoms with Gasteiger partial charge in [-0.1, -0.05) is 60.7 Å². The van der Waals surface area contributed by atoms with Gasteiger partial charge < -0.3 is 19.7 Å². The van der Waals surface area contributed by atoms with Crippen LogP contribution in [0.5, 0.6) is 11.5 Å². The smallest absolute Gasteiger partial charge is 0.343 e. The van der Waals surface area contributed by atoms with E-state index in [1.54, 1.807) is 6.07 Å². The molecule has 0 aliphatic heterocycles. The van der Waals surface area contributed by atoms with E-state index in [2.05, 4.69) is 15.2 Å². The van der Waals surface area contributed by atoms with E-state index >= 15 is 0 Å². The lowest BCUT2D eigenvalue weighted by Crippen LogP contribution is -2.27. The highest BCUT2D eigenvalue weighted by Gasteiger charge is 2.18. The molecular weight excluding hydrogens is 424 g/mol. The summed E-state index contributed by atoms with van der Waals surface area (Å²) in [6, 6.07) is 21.1. The number of aromatic nitrogens is 4. The highest BCUT2D eigenvalue weighted by molar-refractivity contribution is 5.55. The van der Waals surface area contributed by atoms with Crippen molar-refractivity contribution in [2.24, 2.45) is 0 Å². The van der Waals surface area contributed by atoms with Crippen LogP contribution in [-0.2, 0) is 19.8 Å². The van der Waals surface area contributed by atoms with Gasteiger partial charge in [-0.2, -0.15) is 5.10 Å². The maximum absolute atomic E-state index is 12.2. The van der Waals surface area contributed by atoms with Gasteiger partial charge in [0, 0.05) is 6.07 Å². The Morgan fingerprint density at radius 2 is 1.55 bits per heavy atom. The molecular formula is C24H24N4O5. The highest BCUT2D eigenvalue weighted by atomic mass is 16.5. The Morgan fingerprint density at radius 1 is 0.939 bits per heavy atom. The topological polar surface area (TPSA) is 122 Å². The summed E-state index contributed by atoms with van der Waals surface area (Å²) >= 11 is 0. The summed E-state index contributed by atoms with van der Waals surface area (Å²) < 4.78 is 13.2. The predicted octanol–water partition coefficient (Wildman–Crippen LogP) is 2.14. The molecule has 0 aliphatic rings. The van der Waals surface area contributed by atoms with Crippen LogP contribution in [0.1, 0.15) is 11.1 Å². The van der Waals surface area contributed by atoms with E-state index in [4.69, 9.17) is 14.6 Å². The first-order chi connectivity index (χ1) is 16.1. The lowest BCUT2D eigenvalue weighted by molar-refractivity contribution is 0.0807. The van der Waals surface area contributed by atoms with Crippen molar-refractivity contribution in [3.05, 3.63) is 94.5 Å². The van der Waals surface area contributed by atoms with E-state index in [0.717, 1.165) is 11.1 Å². The molecule has 9 heteroatoms. The van der Waals surface area contributed by atoms with Gasteiger partial charge in [-0.25, -0.2) is 14.9 Å². The third-order valence-corrected chi connectivity index (χ3v) is 4.90. The minimum Gasteiger partial charge on any atom is -0.485 e. The van der Waals surface area contributed by atoms with Crippen molar-refractivity contribution < 1.29 is 19.7 Å². The SMILES string of the molecule is O=c1[nH]nc(-c2cc(OCc3ccccc3)c(OCc3ccccc3)cn2)n1C[C@@H](O)CO. The Hall–Kier alpha value is -3.95. The second-order valence-electron chi connectivity index (χ2n) is 7.36. The number of aromatic amines is 1. The molecule has 0 saturated carbocycles. The third-order valence-electron chi connectivity index (χ3n) is 4.90. The molecule has 0 radical (unpaired) electrons. The average Bonchev–Trinajstić information content (AvgIpc) is 3.22. The maximum atomic E-state index is 12.2. The van der Waals surface area contributed by atoms with Gasteiger partial charge in [-0.3, -0.25) is 4.57 Å². The largest absolute Gasteiger partial charge is 0.485 e. The number of hydrogen-bond acceptors (Lipinski definition) is 7. The number of rotatable bonds is 10. The molecule has 2 aromatic heterocycles. The number of benzene rings is 2. The first-order valence-electron chi connectivity index (χ1n) is 10.4. The maximum Gasteiger partial charge on any atom is 0.343 e. The minimum absolute atomic E-state index is 0.130. The van der Waals surface area contributed by atoms with Gasteiger partial charge in [0.1, 0.15) is 18.9 Å². The third kappa shape index (κ3) is 5.65. The van der Waals surface area contributed by atoms with Gasteiger partial charge in [0.25, 0.3) is 0 Å². The number of hydrogen-bond donors (Lipinski definition) is 3. The van der Waals surface area contributed by atoms with Crippen molar-refractivity contribution in [3.63, 3.8) is 0 Å². The van der Waals surface area contributed by atoms with Crippen LogP contribution in [0.2, 0.25) is 0 Å². The van der Waals surface area contributed by atoms with E-state index in [0.29, 0.717) is 30.4 Å². The summed E-state index contributed by atoms with van der Waals surface area (Å²) in [5, 5.41) is 25.3. The van der Waals surface area contributed by atoms with Gasteiger partial charge in [-0.05, 0) is 11.1 Å². The van der Waals surface area contributed by atoms with Crippen molar-refractivity contribution in [2.75, 3.05) is 6.61 Å². The first kappa shape index (κ1) is 22.3. The van der Waals surface area contributed by atoms with Gasteiger partial charge in [0.2, 0.25) is 0 Å². The Morgan fingerprint density at radius 3 is 2.15 bits per heavy atom. The monoisotopic (exact) mass is 448 g/mol. The van der Waals surface area contributed by atoms with Crippen LogP contribution in [-0.4, -0.2) is 42.7 Å². The zero-order valence-electron chi connectivity index (χ0n) is 17.8. The quantitative estimate of drug-likeness (QED) is 0.340. The number of nitrogens with one attached hydrogen (secondary N) is 1. The zero-order chi connectivity index (χ0) is 23.0. The first-order valence-corrected chi connectivity index (χ1v) is 10.4. The van der Waals surface area contributed by atoms with Gasteiger partial charge in [0.15, 0.2) is 17.3 Å². The summed E-state index contributed by atoms with van der Waals surface area (Å²) in [4.78, 5) is 16.5. The molecule has 4 rings (SSSR count). The van der Waals surface area contributed by atoms with Crippen LogP contribution in [0.15, 0.2) is 77.7 Å². The number of aliphatic hydroxyl groups excluding tert-OH is 2. The van der Waals surface area contributed by atoms with Crippen LogP contribution in [0.25, 0.3) is 11.5 Å². The number of pyridine rings is 1. The summed E-state index contributed by atoms with van der Waals surface area (Å²) in [6.07, 6.45) is 0.409. The molecule has 0 aliphatic carbocycles. The molecule has 9 nitrogen and oxygen atoms in total. The number of nitrogens with zero attached hydrogens (tertiary/aromatic N) is 3. The standard InChI is InChI=1S/C24H24N4O5/c29-14-19(30)13-28-23(26-27-24(28)31)20-11-21(32-15-17-7-3-1-4-8-17)22(12-25-20)33-16-18-9-5-2-6-10-18/h1-12,19,29-30H,13-16H2,(H,27,31)/t19-/m1/s1. The summed E-state index contributed by atoms with van der Waals surface area (Å²) in [7, 11) is 0. The van der Waals surface area contributed by atoms with E-state index in [1.807, 2.05) is 60.7 Å². The molecule has 0 fully saturated rings. The van der Waals surface area contributed by atoms with Gasteiger partial charge in [-0.15, -0.1) is 0 Å². The van der Waals surface area contributed by atoms with E-state index in [1.165, 1.54) is 10.8 Å². The second kappa shape index (κ2) is 10.6. The van der Waals surface area contributed by atoms with Crippen molar-refractivity contribution >= 4 is 0 Å². The van der Waals surface area contributed by atoms with Crippen LogP contribution in [0.3, 0.4) is 0 Å². The van der Waals surface area contributed by atoms with Crippen LogP contribution < -0.4 is 15.2 Å². The van der Waals surface area contributed by atoms with Crippen molar-refractivity contribution in [1.82, 2.24) is 19.7 Å². The molecule has 1 atom stereocenters. The molecule has 2 heterocycles. The predicted molar refractivity (Wildman–Crippen MR) is 121 cm³/mol. The van der Waals surface area contributed by atoms with E-state index in [-0.39, 0.29) is 12.4 Å². The molecule has 2 aromatic carbocycles. The van der Waals surface area contributed by atoms with Crippen molar-refractivity contribution in [3.8, 4) is 23.0 Å². The average molecular weight is 448 g/mol. The molecule has 0 bridgehead atoms. The summed E-state index contributed by atoms with van der Waals surface area (Å²) in [5.41, 5.74) is 1.81. The lowest BCUT2D eigenvalue weighted by Gasteiger charge is -2.14. The Kier molecular flexibility index (Phi) is 7.13. The van der Waals surface area contributed by atoms with Gasteiger partial charge in [0.05, 0.1) is 25.5 Å². The van der Waals surface area contributed by atoms with E-state index < -0.39 is 18.4 Å². The van der Waals surface area contributed by atoms with Crippen LogP contribution >= 0.6 is 0 Å². The number of ether oxygens (including phenoxy) is 2. The summed E-state index contributed by atoms with van der Waals surface area (Å²) in [5.74, 6) is 1.09. The number of aliphatic hydroxyl groups is 2. The molecule has 33 heavy (non-hydrogen) atoms. The van der Waals surface area contributed by atoms with Crippen molar-refractivity contribution in [2.45, 2.75) is 25.9 Å². The normalized spacial score (nSPS) is 11.8. The van der Waals surface area contributed by atoms with Gasteiger partial charge >= 0.3 is 5.69 Å². The lowest BCUT2D eigenvalue weighted by atomic mass is 10.2. The molecule has 170 valence electrons. The second-order valence-corrected chi connectivity index (χ2v) is 7.36. The van der Waals surface area contributed by atoms with Crippen LogP contribution in [0, 0.1) is 0 Å². The minimum atomic E-state index is -1.11. The molecule has 3 N–H and O–H groups in total. The highest BCUT2D eigenvalue weighted by Crippen LogP contribution is 2.31. The fourth-order valence-electron chi connectivity index (χ4n) is 3.19.